The molecule has 33 heavy (non-hydrogen) atoms. The van der Waals surface area contributed by atoms with Crippen LogP contribution in [0.25, 0.3) is 22.5 Å². The van der Waals surface area contributed by atoms with Crippen molar-refractivity contribution in [1.82, 2.24) is 19.9 Å². The van der Waals surface area contributed by atoms with Gasteiger partial charge in [0.15, 0.2) is 5.78 Å². The fourth-order valence-electron chi connectivity index (χ4n) is 5.13. The van der Waals surface area contributed by atoms with Crippen LogP contribution in [0.15, 0.2) is 65.7 Å². The van der Waals surface area contributed by atoms with Crippen molar-refractivity contribution < 1.29 is 9.21 Å². The molecule has 0 amide bonds. The van der Waals surface area contributed by atoms with Gasteiger partial charge in [-0.25, -0.2) is 4.98 Å². The summed E-state index contributed by atoms with van der Waals surface area (Å²) >= 11 is 0. The summed E-state index contributed by atoms with van der Waals surface area (Å²) in [6, 6.07) is 12.2. The molecule has 166 valence electrons. The fourth-order valence-corrected chi connectivity index (χ4v) is 5.13. The van der Waals surface area contributed by atoms with Gasteiger partial charge in [0.05, 0.1) is 23.9 Å². The molecule has 0 atom stereocenters. The van der Waals surface area contributed by atoms with Crippen LogP contribution in [0.2, 0.25) is 0 Å². The highest BCUT2D eigenvalue weighted by Crippen LogP contribution is 2.36. The van der Waals surface area contributed by atoms with Crippen molar-refractivity contribution in [2.45, 2.75) is 38.1 Å². The molecule has 6 nitrogen and oxygen atoms in total. The predicted octanol–water partition coefficient (Wildman–Crippen LogP) is 5.24. The van der Waals surface area contributed by atoms with Crippen LogP contribution >= 0.6 is 0 Å². The molecule has 4 heterocycles. The second-order valence-corrected chi connectivity index (χ2v) is 9.06. The molecule has 0 unspecified atom stereocenters. The van der Waals surface area contributed by atoms with Gasteiger partial charge in [0, 0.05) is 53.5 Å². The maximum Gasteiger partial charge on any atom is 0.163 e. The van der Waals surface area contributed by atoms with Gasteiger partial charge < -0.3 is 9.40 Å². The summed E-state index contributed by atoms with van der Waals surface area (Å²) in [6.07, 6.45) is 10.8. The van der Waals surface area contributed by atoms with E-state index in [9.17, 15) is 4.79 Å². The average molecular weight is 439 g/mol. The smallest absolute Gasteiger partial charge is 0.163 e. The largest absolute Gasteiger partial charge is 0.472 e. The number of aromatic amines is 1. The fraction of sp³-hybridized carbons (Fsp3) is 0.296. The number of hydrogen-bond acceptors (Lipinski definition) is 5. The number of hydrogen-bond donors (Lipinski definition) is 1. The molecule has 2 aliphatic rings. The van der Waals surface area contributed by atoms with Gasteiger partial charge in [-0.05, 0) is 62.2 Å². The predicted molar refractivity (Wildman–Crippen MR) is 126 cm³/mol. The van der Waals surface area contributed by atoms with Gasteiger partial charge in [0.25, 0.3) is 0 Å². The van der Waals surface area contributed by atoms with Crippen molar-refractivity contribution in [3.05, 3.63) is 83.8 Å². The monoisotopic (exact) mass is 438 g/mol. The third-order valence-corrected chi connectivity index (χ3v) is 6.95. The van der Waals surface area contributed by atoms with E-state index >= 15 is 0 Å². The first-order chi connectivity index (χ1) is 16.2. The number of aromatic nitrogens is 3. The molecule has 0 saturated carbocycles. The summed E-state index contributed by atoms with van der Waals surface area (Å²) in [6.45, 7) is 3.01. The van der Waals surface area contributed by atoms with Crippen LogP contribution in [0.4, 0.5) is 0 Å². The zero-order valence-corrected chi connectivity index (χ0v) is 18.5. The number of furan rings is 1. The number of carbonyl (C=O) groups is 1. The number of benzene rings is 1. The van der Waals surface area contributed by atoms with Crippen molar-refractivity contribution in [3.63, 3.8) is 0 Å². The summed E-state index contributed by atoms with van der Waals surface area (Å²) in [4.78, 5) is 27.6. The quantitative estimate of drug-likeness (QED) is 0.461. The Morgan fingerprint density at radius 3 is 2.67 bits per heavy atom. The summed E-state index contributed by atoms with van der Waals surface area (Å²) in [5, 5.41) is 0. The third kappa shape index (κ3) is 3.91. The van der Waals surface area contributed by atoms with Crippen LogP contribution in [0, 0.1) is 0 Å². The molecular formula is C27H26N4O2. The second kappa shape index (κ2) is 8.45. The molecule has 1 aliphatic carbocycles. The Morgan fingerprint density at radius 1 is 1.03 bits per heavy atom. The van der Waals surface area contributed by atoms with Gasteiger partial charge >= 0.3 is 0 Å². The second-order valence-electron chi connectivity index (χ2n) is 9.06. The molecule has 0 spiro atoms. The molecule has 6 rings (SSSR count). The molecule has 1 aromatic carbocycles. The number of pyridine rings is 1. The summed E-state index contributed by atoms with van der Waals surface area (Å²) in [5.41, 5.74) is 7.35. The van der Waals surface area contributed by atoms with E-state index in [1.165, 1.54) is 5.56 Å². The number of carbonyl (C=O) groups excluding carboxylic acids is 1. The Bertz CT molecular complexity index is 1270. The van der Waals surface area contributed by atoms with E-state index in [1.54, 1.807) is 6.26 Å². The van der Waals surface area contributed by atoms with Gasteiger partial charge in [-0.1, -0.05) is 12.1 Å². The number of nitrogens with one attached hydrogen (secondary N) is 1. The third-order valence-electron chi connectivity index (χ3n) is 6.95. The van der Waals surface area contributed by atoms with Crippen LogP contribution in [0.1, 0.15) is 52.5 Å². The average Bonchev–Trinajstić information content (AvgIpc) is 3.61. The van der Waals surface area contributed by atoms with E-state index < -0.39 is 0 Å². The van der Waals surface area contributed by atoms with E-state index in [0.29, 0.717) is 12.3 Å². The molecule has 1 aliphatic heterocycles. The highest BCUT2D eigenvalue weighted by molar-refractivity contribution is 6.01. The van der Waals surface area contributed by atoms with Gasteiger partial charge in [0.2, 0.25) is 0 Å². The number of fused-ring (bicyclic) bond motifs is 1. The first kappa shape index (κ1) is 20.1. The molecule has 1 N–H and O–H groups in total. The lowest BCUT2D eigenvalue weighted by Crippen LogP contribution is -2.32. The number of aryl methyl sites for hydroxylation is 1. The SMILES string of the molecule is O=C1CCc2cc(-c3nc(C4CCN(Cc5ccoc5)CC4)[nH]c3-c3ccncc3)ccc21. The lowest BCUT2D eigenvalue weighted by atomic mass is 9.96. The summed E-state index contributed by atoms with van der Waals surface area (Å²) < 4.78 is 5.22. The molecule has 0 radical (unpaired) electrons. The van der Waals surface area contributed by atoms with Crippen LogP contribution in [-0.2, 0) is 13.0 Å². The maximum atomic E-state index is 12.1. The Morgan fingerprint density at radius 2 is 1.88 bits per heavy atom. The Hall–Kier alpha value is -3.51. The van der Waals surface area contributed by atoms with E-state index in [4.69, 9.17) is 9.40 Å². The number of piperidine rings is 1. The van der Waals surface area contributed by atoms with Crippen LogP contribution < -0.4 is 0 Å². The Balaban J connectivity index is 1.29. The molecule has 3 aromatic heterocycles. The first-order valence-corrected chi connectivity index (χ1v) is 11.6. The highest BCUT2D eigenvalue weighted by Gasteiger charge is 2.26. The van der Waals surface area contributed by atoms with Crippen molar-refractivity contribution in [1.29, 1.82) is 0 Å². The molecule has 6 heteroatoms. The van der Waals surface area contributed by atoms with Crippen LogP contribution in [-0.4, -0.2) is 38.7 Å². The Labute approximate surface area is 192 Å². The molecule has 1 saturated heterocycles. The van der Waals surface area contributed by atoms with Gasteiger partial charge in [-0.15, -0.1) is 0 Å². The van der Waals surface area contributed by atoms with E-state index in [2.05, 4.69) is 20.9 Å². The molecule has 4 aromatic rings. The van der Waals surface area contributed by atoms with Crippen molar-refractivity contribution in [2.24, 2.45) is 0 Å². The summed E-state index contributed by atoms with van der Waals surface area (Å²) in [7, 11) is 0. The Kier molecular flexibility index (Phi) is 5.15. The normalized spacial score (nSPS) is 16.9. The summed E-state index contributed by atoms with van der Waals surface area (Å²) in [5.74, 6) is 1.70. The number of ketones is 1. The molecular weight excluding hydrogens is 412 g/mol. The van der Waals surface area contributed by atoms with Crippen LogP contribution in [0.3, 0.4) is 0 Å². The minimum atomic E-state index is 0.246. The minimum Gasteiger partial charge on any atom is -0.472 e. The number of H-pyrrole nitrogens is 1. The van der Waals surface area contributed by atoms with E-state index in [0.717, 1.165) is 78.4 Å². The number of likely N-dealkylation sites (tertiary alicyclic amines) is 1. The lowest BCUT2D eigenvalue weighted by molar-refractivity contribution is 0.0994. The number of nitrogens with zero attached hydrogens (tertiary/aromatic N) is 3. The van der Waals surface area contributed by atoms with E-state index in [1.807, 2.05) is 49.0 Å². The number of imidazole rings is 1. The van der Waals surface area contributed by atoms with Crippen molar-refractivity contribution in [3.8, 4) is 22.5 Å². The topological polar surface area (TPSA) is 75.0 Å². The van der Waals surface area contributed by atoms with E-state index in [-0.39, 0.29) is 5.78 Å². The van der Waals surface area contributed by atoms with Gasteiger partial charge in [-0.3, -0.25) is 14.7 Å². The maximum absolute atomic E-state index is 12.1. The number of Topliss-reactive ketones (excluding diaryl/α,β-unsaturated/α-hetero) is 1. The minimum absolute atomic E-state index is 0.246. The number of rotatable bonds is 5. The van der Waals surface area contributed by atoms with Crippen molar-refractivity contribution >= 4 is 5.78 Å². The van der Waals surface area contributed by atoms with Gasteiger partial charge in [-0.2, -0.15) is 0 Å². The highest BCUT2D eigenvalue weighted by atomic mass is 16.3. The molecule has 1 fully saturated rings. The van der Waals surface area contributed by atoms with Gasteiger partial charge in [0.1, 0.15) is 5.82 Å². The zero-order valence-electron chi connectivity index (χ0n) is 18.5. The van der Waals surface area contributed by atoms with Crippen LogP contribution in [0.5, 0.6) is 0 Å². The van der Waals surface area contributed by atoms with Crippen molar-refractivity contribution in [2.75, 3.05) is 13.1 Å². The zero-order chi connectivity index (χ0) is 22.2. The lowest BCUT2D eigenvalue weighted by Gasteiger charge is -2.30. The first-order valence-electron chi connectivity index (χ1n) is 11.6. The molecule has 0 bridgehead atoms. The standard InChI is InChI=1S/C27H26N4O2/c32-24-4-2-21-15-22(1-3-23(21)24)26-25(19-5-10-28-11-6-19)29-27(30-26)20-7-12-31(13-8-20)16-18-9-14-33-17-18/h1,3,5-6,9-11,14-15,17,20H,2,4,7-8,12-13,16H2,(H,29,30).